The molecule has 3 aromatic carbocycles. The quantitative estimate of drug-likeness (QED) is 0.383. The van der Waals surface area contributed by atoms with Crippen LogP contribution in [0.15, 0.2) is 99.8 Å². The Labute approximate surface area is 180 Å². The van der Waals surface area contributed by atoms with E-state index in [1.54, 1.807) is 9.25 Å². The molecule has 0 aliphatic heterocycles. The number of nitrogens with zero attached hydrogens (tertiary/aromatic N) is 5. The van der Waals surface area contributed by atoms with Crippen LogP contribution in [-0.4, -0.2) is 24.5 Å². The zero-order valence-corrected chi connectivity index (χ0v) is 17.1. The van der Waals surface area contributed by atoms with Crippen molar-refractivity contribution in [2.24, 2.45) is 0 Å². The number of hydrogen-bond donors (Lipinski definition) is 0. The summed E-state index contributed by atoms with van der Waals surface area (Å²) in [6.45, 7) is 0. The zero-order valence-electron chi connectivity index (χ0n) is 15.5. The number of para-hydroxylation sites is 2. The van der Waals surface area contributed by atoms with Gasteiger partial charge in [0.05, 0.1) is 11.4 Å². The molecule has 0 unspecified atom stereocenters. The first-order valence-electron chi connectivity index (χ1n) is 9.13. The number of aromatic nitrogens is 5. The molecule has 2 aromatic heterocycles. The Bertz CT molecular complexity index is 1380. The maximum atomic E-state index is 13.4. The van der Waals surface area contributed by atoms with Gasteiger partial charge < -0.3 is 0 Å². The summed E-state index contributed by atoms with van der Waals surface area (Å²) in [5.41, 5.74) is 1.84. The van der Waals surface area contributed by atoms with Gasteiger partial charge in [-0.2, -0.15) is 4.68 Å². The highest BCUT2D eigenvalue weighted by Gasteiger charge is 2.19. The van der Waals surface area contributed by atoms with Crippen LogP contribution in [0.3, 0.4) is 0 Å². The van der Waals surface area contributed by atoms with Crippen molar-refractivity contribution >= 4 is 34.5 Å². The lowest BCUT2D eigenvalue weighted by atomic mass is 10.3. The molecule has 0 radical (unpaired) electrons. The average Bonchev–Trinajstić information content (AvgIpc) is 3.21. The molecular formula is C22H14ClN5OS. The van der Waals surface area contributed by atoms with Gasteiger partial charge in [0.15, 0.2) is 16.3 Å². The van der Waals surface area contributed by atoms with Crippen LogP contribution in [0, 0.1) is 0 Å². The van der Waals surface area contributed by atoms with Gasteiger partial charge in [0.2, 0.25) is 0 Å². The third kappa shape index (κ3) is 3.38. The van der Waals surface area contributed by atoms with E-state index in [1.807, 2.05) is 84.9 Å². The fourth-order valence-corrected chi connectivity index (χ4v) is 4.09. The van der Waals surface area contributed by atoms with E-state index < -0.39 is 0 Å². The van der Waals surface area contributed by atoms with Gasteiger partial charge in [0.1, 0.15) is 0 Å². The summed E-state index contributed by atoms with van der Waals surface area (Å²) in [6.07, 6.45) is 0. The van der Waals surface area contributed by atoms with Gasteiger partial charge in [-0.05, 0) is 48.5 Å². The van der Waals surface area contributed by atoms with Gasteiger partial charge in [0.25, 0.3) is 5.56 Å². The summed E-state index contributed by atoms with van der Waals surface area (Å²) in [5.74, 6) is 0. The average molecular weight is 432 g/mol. The molecule has 0 fully saturated rings. The fourth-order valence-electron chi connectivity index (χ4n) is 3.07. The van der Waals surface area contributed by atoms with Gasteiger partial charge in [-0.1, -0.05) is 65.0 Å². The van der Waals surface area contributed by atoms with Gasteiger partial charge in [-0.15, -0.1) is 5.10 Å². The number of rotatable bonds is 4. The van der Waals surface area contributed by atoms with Crippen molar-refractivity contribution in [2.75, 3.05) is 0 Å². The van der Waals surface area contributed by atoms with Crippen molar-refractivity contribution in [3.63, 3.8) is 0 Å². The lowest BCUT2D eigenvalue weighted by molar-refractivity contribution is 0.794. The van der Waals surface area contributed by atoms with E-state index in [1.165, 1.54) is 11.8 Å². The summed E-state index contributed by atoms with van der Waals surface area (Å²) in [4.78, 5) is 19.1. The predicted molar refractivity (Wildman–Crippen MR) is 118 cm³/mol. The van der Waals surface area contributed by atoms with Crippen LogP contribution in [0.4, 0.5) is 0 Å². The van der Waals surface area contributed by atoms with Gasteiger partial charge in [-0.3, -0.25) is 9.36 Å². The third-order valence-corrected chi connectivity index (χ3v) is 5.70. The molecule has 146 valence electrons. The lowest BCUT2D eigenvalue weighted by Crippen LogP contribution is -2.22. The van der Waals surface area contributed by atoms with Crippen molar-refractivity contribution in [1.82, 2.24) is 24.5 Å². The molecule has 5 aromatic rings. The van der Waals surface area contributed by atoms with Gasteiger partial charge >= 0.3 is 0 Å². The first-order chi connectivity index (χ1) is 14.7. The largest absolute Gasteiger partial charge is 0.288 e. The predicted octanol–water partition coefficient (Wildman–Crippen LogP) is 4.77. The molecule has 0 spiro atoms. The topological polar surface area (TPSA) is 65.6 Å². The van der Waals surface area contributed by atoms with E-state index in [4.69, 9.17) is 16.6 Å². The SMILES string of the molecule is O=c1c2nnn(-c3ccccc3)c2nc(Sc2ccc(Cl)cc2)n1-c1ccccc1. The van der Waals surface area contributed by atoms with Crippen LogP contribution >= 0.6 is 23.4 Å². The van der Waals surface area contributed by atoms with Gasteiger partial charge in [-0.25, -0.2) is 4.98 Å². The zero-order chi connectivity index (χ0) is 20.5. The van der Waals surface area contributed by atoms with Crippen molar-refractivity contribution < 1.29 is 0 Å². The standard InChI is InChI=1S/C22H14ClN5OS/c23-15-11-13-18(14-12-15)30-22-24-20-19(21(29)27(22)16-7-3-1-4-8-16)25-26-28(20)17-9-5-2-6-10-17/h1-14H. The fraction of sp³-hybridized carbons (Fsp3) is 0. The highest BCUT2D eigenvalue weighted by atomic mass is 35.5. The van der Waals surface area contributed by atoms with Crippen LogP contribution in [-0.2, 0) is 0 Å². The summed E-state index contributed by atoms with van der Waals surface area (Å²) >= 11 is 7.40. The third-order valence-electron chi connectivity index (χ3n) is 4.48. The first-order valence-corrected chi connectivity index (χ1v) is 10.3. The minimum atomic E-state index is -0.273. The second-order valence-corrected chi connectivity index (χ2v) is 7.91. The van der Waals surface area contributed by atoms with Crippen LogP contribution in [0.2, 0.25) is 5.02 Å². The number of hydrogen-bond acceptors (Lipinski definition) is 5. The Morgan fingerprint density at radius 2 is 1.43 bits per heavy atom. The molecule has 0 saturated heterocycles. The summed E-state index contributed by atoms with van der Waals surface area (Å²) in [7, 11) is 0. The van der Waals surface area contributed by atoms with E-state index >= 15 is 0 Å². The van der Waals surface area contributed by atoms with E-state index in [0.29, 0.717) is 21.5 Å². The molecule has 0 aliphatic rings. The van der Waals surface area contributed by atoms with Crippen molar-refractivity contribution in [3.05, 3.63) is 100 Å². The van der Waals surface area contributed by atoms with Crippen LogP contribution in [0.25, 0.3) is 22.5 Å². The van der Waals surface area contributed by atoms with Crippen molar-refractivity contribution in [1.29, 1.82) is 0 Å². The van der Waals surface area contributed by atoms with E-state index in [-0.39, 0.29) is 11.1 Å². The highest BCUT2D eigenvalue weighted by Crippen LogP contribution is 2.29. The second kappa shape index (κ2) is 7.78. The molecule has 8 heteroatoms. The monoisotopic (exact) mass is 431 g/mol. The summed E-state index contributed by atoms with van der Waals surface area (Å²) < 4.78 is 3.14. The van der Waals surface area contributed by atoms with Crippen molar-refractivity contribution in [3.8, 4) is 11.4 Å². The van der Waals surface area contributed by atoms with E-state index in [2.05, 4.69) is 10.3 Å². The maximum Gasteiger partial charge on any atom is 0.288 e. The molecule has 5 rings (SSSR count). The maximum absolute atomic E-state index is 13.4. The molecule has 30 heavy (non-hydrogen) atoms. The molecular weight excluding hydrogens is 418 g/mol. The van der Waals surface area contributed by atoms with Crippen LogP contribution < -0.4 is 5.56 Å². The highest BCUT2D eigenvalue weighted by molar-refractivity contribution is 7.99. The molecule has 0 N–H and O–H groups in total. The Morgan fingerprint density at radius 3 is 2.10 bits per heavy atom. The lowest BCUT2D eigenvalue weighted by Gasteiger charge is -2.12. The summed E-state index contributed by atoms with van der Waals surface area (Å²) in [6, 6.07) is 26.3. The Balaban J connectivity index is 1.75. The second-order valence-electron chi connectivity index (χ2n) is 6.44. The van der Waals surface area contributed by atoms with Crippen molar-refractivity contribution in [2.45, 2.75) is 10.1 Å². The normalized spacial score (nSPS) is 11.1. The smallest absolute Gasteiger partial charge is 0.266 e. The molecule has 0 aliphatic carbocycles. The Morgan fingerprint density at radius 1 is 0.800 bits per heavy atom. The number of benzene rings is 3. The molecule has 0 bridgehead atoms. The molecule has 0 saturated carbocycles. The number of halogens is 1. The number of fused-ring (bicyclic) bond motifs is 1. The molecule has 2 heterocycles. The van der Waals surface area contributed by atoms with E-state index in [0.717, 1.165) is 10.6 Å². The first kappa shape index (κ1) is 18.6. The van der Waals surface area contributed by atoms with Crippen LogP contribution in [0.1, 0.15) is 0 Å². The summed E-state index contributed by atoms with van der Waals surface area (Å²) in [5, 5.41) is 9.48. The Hall–Kier alpha value is -3.42. The molecule has 0 amide bonds. The minimum absolute atomic E-state index is 0.211. The molecule has 0 atom stereocenters. The van der Waals surface area contributed by atoms with Crippen LogP contribution in [0.5, 0.6) is 0 Å². The molecule has 6 nitrogen and oxygen atoms in total. The Kier molecular flexibility index (Phi) is 4.82. The van der Waals surface area contributed by atoms with Gasteiger partial charge in [0, 0.05) is 9.92 Å². The minimum Gasteiger partial charge on any atom is -0.266 e. The van der Waals surface area contributed by atoms with E-state index in [9.17, 15) is 4.79 Å².